The van der Waals surface area contributed by atoms with Crippen molar-refractivity contribution in [3.63, 3.8) is 0 Å². The van der Waals surface area contributed by atoms with Crippen LogP contribution in [0.5, 0.6) is 0 Å². The number of ether oxygens (including phenoxy) is 1. The van der Waals surface area contributed by atoms with E-state index in [1.165, 1.54) is 11.4 Å². The first kappa shape index (κ1) is 33.0. The maximum Gasteiger partial charge on any atom is 0.413 e. The zero-order valence-electron chi connectivity index (χ0n) is 27.0. The van der Waals surface area contributed by atoms with Crippen LogP contribution in [0.3, 0.4) is 0 Å². The summed E-state index contributed by atoms with van der Waals surface area (Å²) in [5.41, 5.74) is 3.31. The molecule has 2 N–H and O–H groups in total. The summed E-state index contributed by atoms with van der Waals surface area (Å²) in [4.78, 5) is 36.6. The van der Waals surface area contributed by atoms with Crippen LogP contribution < -0.4 is 15.5 Å². The summed E-state index contributed by atoms with van der Waals surface area (Å²) in [6.45, 7) is 10.2. The summed E-state index contributed by atoms with van der Waals surface area (Å²) in [6.07, 6.45) is 2.77. The highest BCUT2D eigenvalue weighted by atomic mass is 32.2. The molecule has 47 heavy (non-hydrogen) atoms. The predicted molar refractivity (Wildman–Crippen MR) is 184 cm³/mol. The lowest BCUT2D eigenvalue weighted by Gasteiger charge is -2.35. The summed E-state index contributed by atoms with van der Waals surface area (Å²) in [7, 11) is -0.363. The number of fused-ring (bicyclic) bond motifs is 1. The lowest BCUT2D eigenvalue weighted by Crippen LogP contribution is -2.50. The normalized spacial score (nSPS) is 17.5. The second-order valence-corrected chi connectivity index (χ2v) is 15.0. The molecule has 2 fully saturated rings. The molecule has 1 atom stereocenters. The average Bonchev–Trinajstić information content (AvgIpc) is 3.45. The third-order valence-corrected chi connectivity index (χ3v) is 12.1. The molecule has 3 aromatic heterocycles. The number of nitrogens with zero attached hydrogens (tertiary/aromatic N) is 8. The van der Waals surface area contributed by atoms with E-state index in [1.807, 2.05) is 24.4 Å². The van der Waals surface area contributed by atoms with Crippen LogP contribution in [0.2, 0.25) is 0 Å². The number of aryl methyl sites for hydroxylation is 1. The van der Waals surface area contributed by atoms with Crippen molar-refractivity contribution < 1.29 is 17.9 Å². The van der Waals surface area contributed by atoms with Gasteiger partial charge in [-0.15, -0.1) is 0 Å². The standard InChI is InChI=1S/C31H40N10O4S2/c1-21(19-39-12-16-41(17-13-39)47(43,44)29-22(2)36-30(46-29)37-31(42)45-4)35-28-25-7-5-6-24(27(25)33-20-34-28)23-8-9-32-26(18-23)40-14-10-38(3)11-15-40/h5-9,18,20-21H,10-17,19H2,1-4H3,(H,33,34,35)(H,36,37,42)/t21-/m0/s1. The van der Waals surface area contributed by atoms with Crippen LogP contribution in [0.15, 0.2) is 47.1 Å². The molecule has 5 heterocycles. The molecule has 16 heteroatoms. The summed E-state index contributed by atoms with van der Waals surface area (Å²) < 4.78 is 33.0. The second kappa shape index (κ2) is 14.0. The van der Waals surface area contributed by atoms with Gasteiger partial charge in [-0.3, -0.25) is 10.2 Å². The topological polar surface area (TPSA) is 149 Å². The van der Waals surface area contributed by atoms with Gasteiger partial charge >= 0.3 is 6.09 Å². The summed E-state index contributed by atoms with van der Waals surface area (Å²) in [6, 6.07) is 10.4. The first-order valence-corrected chi connectivity index (χ1v) is 17.8. The molecule has 2 aliphatic heterocycles. The Kier molecular flexibility index (Phi) is 9.84. The highest BCUT2D eigenvalue weighted by Crippen LogP contribution is 2.33. The van der Waals surface area contributed by atoms with Gasteiger partial charge in [-0.1, -0.05) is 23.5 Å². The molecular weight excluding hydrogens is 641 g/mol. The molecule has 6 rings (SSSR count). The van der Waals surface area contributed by atoms with Crippen LogP contribution in [0.25, 0.3) is 22.0 Å². The van der Waals surface area contributed by atoms with Crippen molar-refractivity contribution in [1.82, 2.24) is 34.0 Å². The van der Waals surface area contributed by atoms with E-state index >= 15 is 0 Å². The van der Waals surface area contributed by atoms with Gasteiger partial charge in [0.25, 0.3) is 10.0 Å². The van der Waals surface area contributed by atoms with E-state index in [-0.39, 0.29) is 15.4 Å². The van der Waals surface area contributed by atoms with Crippen LogP contribution in [0.4, 0.5) is 21.6 Å². The van der Waals surface area contributed by atoms with Gasteiger partial charge in [-0.25, -0.2) is 33.1 Å². The predicted octanol–water partition coefficient (Wildman–Crippen LogP) is 3.19. The largest absolute Gasteiger partial charge is 0.453 e. The fourth-order valence-corrected chi connectivity index (χ4v) is 8.94. The van der Waals surface area contributed by atoms with Crippen molar-refractivity contribution in [2.24, 2.45) is 0 Å². The Morgan fingerprint density at radius 1 is 1.04 bits per heavy atom. The van der Waals surface area contributed by atoms with Crippen molar-refractivity contribution in [2.75, 3.05) is 88.6 Å². The smallest absolute Gasteiger partial charge is 0.413 e. The molecule has 1 aromatic carbocycles. The maximum atomic E-state index is 13.4. The molecule has 1 amide bonds. The lowest BCUT2D eigenvalue weighted by molar-refractivity contribution is 0.184. The van der Waals surface area contributed by atoms with Gasteiger partial charge < -0.3 is 19.9 Å². The number of amides is 1. The number of methoxy groups -OCH3 is 1. The number of nitrogens with one attached hydrogen (secondary N) is 2. The summed E-state index contributed by atoms with van der Waals surface area (Å²) >= 11 is 0.929. The second-order valence-electron chi connectivity index (χ2n) is 11.9. The maximum absolute atomic E-state index is 13.4. The third kappa shape index (κ3) is 7.31. The van der Waals surface area contributed by atoms with Gasteiger partial charge in [-0.05, 0) is 44.7 Å². The molecule has 0 saturated carbocycles. The Balaban J connectivity index is 1.10. The van der Waals surface area contributed by atoms with E-state index in [0.29, 0.717) is 38.4 Å². The number of likely N-dealkylation sites (N-methyl/N-ethyl adjacent to an activating group) is 1. The van der Waals surface area contributed by atoms with E-state index in [1.54, 1.807) is 13.3 Å². The number of hydrogen-bond donors (Lipinski definition) is 2. The zero-order valence-corrected chi connectivity index (χ0v) is 28.6. The molecule has 250 valence electrons. The molecule has 0 radical (unpaired) electrons. The number of benzene rings is 1. The number of sulfonamides is 1. The van der Waals surface area contributed by atoms with Crippen LogP contribution >= 0.6 is 11.3 Å². The van der Waals surface area contributed by atoms with Crippen LogP contribution in [0.1, 0.15) is 12.6 Å². The molecule has 14 nitrogen and oxygen atoms in total. The monoisotopic (exact) mass is 680 g/mol. The SMILES string of the molecule is COC(=O)Nc1nc(C)c(S(=O)(=O)N2CCN(C[C@H](C)Nc3ncnc4c(-c5ccnc(N6CCN(C)CC6)c5)cccc34)CC2)s1. The van der Waals surface area contributed by atoms with Crippen molar-refractivity contribution in [3.8, 4) is 11.1 Å². The van der Waals surface area contributed by atoms with E-state index in [4.69, 9.17) is 0 Å². The minimum Gasteiger partial charge on any atom is -0.453 e. The van der Waals surface area contributed by atoms with Crippen molar-refractivity contribution >= 4 is 55.1 Å². The number of piperazine rings is 2. The Morgan fingerprint density at radius 2 is 1.81 bits per heavy atom. The number of anilines is 3. The molecule has 2 saturated heterocycles. The number of aromatic nitrogens is 4. The molecule has 0 unspecified atom stereocenters. The van der Waals surface area contributed by atoms with Crippen molar-refractivity contribution in [1.29, 1.82) is 0 Å². The number of pyridine rings is 1. The van der Waals surface area contributed by atoms with Gasteiger partial charge in [0.05, 0.1) is 18.3 Å². The Hall–Kier alpha value is -3.96. The number of para-hydroxylation sites is 1. The molecular formula is C31H40N10O4S2. The third-order valence-electron chi connectivity index (χ3n) is 8.52. The fraction of sp³-hybridized carbons (Fsp3) is 0.452. The number of hydrogen-bond acceptors (Lipinski definition) is 13. The molecule has 0 spiro atoms. The van der Waals surface area contributed by atoms with Crippen LogP contribution in [-0.4, -0.2) is 128 Å². The first-order chi connectivity index (χ1) is 22.6. The van der Waals surface area contributed by atoms with Gasteiger partial charge in [0.1, 0.15) is 18.0 Å². The summed E-state index contributed by atoms with van der Waals surface area (Å²) in [5, 5.41) is 7.15. The van der Waals surface area contributed by atoms with Crippen molar-refractivity contribution in [3.05, 3.63) is 48.5 Å². The minimum atomic E-state index is -3.75. The Bertz CT molecular complexity index is 1840. The van der Waals surface area contributed by atoms with Gasteiger partial charge in [0, 0.05) is 82.1 Å². The molecule has 0 aliphatic carbocycles. The number of thiazole rings is 1. The van der Waals surface area contributed by atoms with E-state index in [2.05, 4.69) is 76.1 Å². The van der Waals surface area contributed by atoms with Crippen LogP contribution in [0, 0.1) is 6.92 Å². The quantitative estimate of drug-likeness (QED) is 0.267. The van der Waals surface area contributed by atoms with Gasteiger partial charge in [0.15, 0.2) is 9.34 Å². The number of carbonyl (C=O) groups is 1. The highest BCUT2D eigenvalue weighted by molar-refractivity contribution is 7.91. The lowest BCUT2D eigenvalue weighted by atomic mass is 10.0. The summed E-state index contributed by atoms with van der Waals surface area (Å²) in [5.74, 6) is 1.74. The van der Waals surface area contributed by atoms with E-state index in [0.717, 1.165) is 71.2 Å². The first-order valence-electron chi connectivity index (χ1n) is 15.6. The zero-order chi connectivity index (χ0) is 33.1. The van der Waals surface area contributed by atoms with Crippen molar-refractivity contribution in [2.45, 2.75) is 24.1 Å². The molecule has 4 aromatic rings. The fourth-order valence-electron chi connectivity index (χ4n) is 5.98. The Labute approximate surface area is 278 Å². The number of rotatable bonds is 9. The number of carbonyl (C=O) groups excluding carboxylic acids is 1. The molecule has 0 bridgehead atoms. The van der Waals surface area contributed by atoms with Gasteiger partial charge in [0.2, 0.25) is 0 Å². The molecule has 2 aliphatic rings. The van der Waals surface area contributed by atoms with E-state index in [9.17, 15) is 13.2 Å². The Morgan fingerprint density at radius 3 is 2.55 bits per heavy atom. The average molecular weight is 681 g/mol. The van der Waals surface area contributed by atoms with E-state index < -0.39 is 16.1 Å². The minimum absolute atomic E-state index is 0.0420. The highest BCUT2D eigenvalue weighted by Gasteiger charge is 2.32. The van der Waals surface area contributed by atoms with Gasteiger partial charge in [-0.2, -0.15) is 4.31 Å². The van der Waals surface area contributed by atoms with Crippen LogP contribution in [-0.2, 0) is 14.8 Å².